The van der Waals surface area contributed by atoms with Crippen molar-refractivity contribution in [3.05, 3.63) is 65.2 Å². The van der Waals surface area contributed by atoms with E-state index in [-0.39, 0.29) is 0 Å². The number of hydrogen-bond donors (Lipinski definition) is 1. The quantitative estimate of drug-likeness (QED) is 0.596. The first-order valence-electron chi connectivity index (χ1n) is 7.36. The van der Waals surface area contributed by atoms with Crippen LogP contribution in [0.4, 0.5) is 5.82 Å². The molecule has 0 saturated carbocycles. The van der Waals surface area contributed by atoms with Crippen molar-refractivity contribution in [1.29, 1.82) is 0 Å². The third-order valence-electron chi connectivity index (χ3n) is 3.41. The molecule has 0 amide bonds. The standard InChI is InChI=1S/C17H13N5OS/c1-2-5-12(6-3-1)15-21-17(23-22-15)14-10-18-11-20-16(14)19-9-13-7-4-8-24-13/h1-8,10-11H,9H2,(H,18,19,20). The van der Waals surface area contributed by atoms with Gasteiger partial charge < -0.3 is 9.84 Å². The van der Waals surface area contributed by atoms with E-state index in [9.17, 15) is 0 Å². The van der Waals surface area contributed by atoms with E-state index in [0.29, 0.717) is 29.6 Å². The van der Waals surface area contributed by atoms with Crippen LogP contribution >= 0.6 is 11.3 Å². The molecule has 6 nitrogen and oxygen atoms in total. The average Bonchev–Trinajstić information content (AvgIpc) is 3.33. The van der Waals surface area contributed by atoms with E-state index < -0.39 is 0 Å². The van der Waals surface area contributed by atoms with Crippen LogP contribution in [-0.4, -0.2) is 20.1 Å². The lowest BCUT2D eigenvalue weighted by Crippen LogP contribution is -2.02. The molecular formula is C17H13N5OS. The summed E-state index contributed by atoms with van der Waals surface area (Å²) < 4.78 is 5.40. The molecule has 3 aromatic heterocycles. The van der Waals surface area contributed by atoms with Crippen LogP contribution in [0, 0.1) is 0 Å². The van der Waals surface area contributed by atoms with E-state index in [2.05, 4.69) is 31.5 Å². The summed E-state index contributed by atoms with van der Waals surface area (Å²) in [5.74, 6) is 1.60. The third-order valence-corrected chi connectivity index (χ3v) is 4.29. The summed E-state index contributed by atoms with van der Waals surface area (Å²) in [6, 6.07) is 13.8. The maximum Gasteiger partial charge on any atom is 0.263 e. The highest BCUT2D eigenvalue weighted by molar-refractivity contribution is 7.09. The van der Waals surface area contributed by atoms with E-state index in [1.807, 2.05) is 41.8 Å². The first kappa shape index (κ1) is 14.5. The molecule has 0 aliphatic carbocycles. The lowest BCUT2D eigenvalue weighted by molar-refractivity contribution is 0.432. The largest absolute Gasteiger partial charge is 0.364 e. The molecule has 118 valence electrons. The fraction of sp³-hybridized carbons (Fsp3) is 0.0588. The predicted octanol–water partition coefficient (Wildman–Crippen LogP) is 3.87. The molecule has 0 spiro atoms. The molecule has 24 heavy (non-hydrogen) atoms. The second kappa shape index (κ2) is 6.59. The molecule has 0 aliphatic rings. The predicted molar refractivity (Wildman–Crippen MR) is 92.4 cm³/mol. The highest BCUT2D eigenvalue weighted by atomic mass is 32.1. The number of nitrogens with zero attached hydrogens (tertiary/aromatic N) is 4. The number of benzene rings is 1. The van der Waals surface area contributed by atoms with E-state index >= 15 is 0 Å². The lowest BCUT2D eigenvalue weighted by atomic mass is 10.2. The molecule has 0 fully saturated rings. The minimum Gasteiger partial charge on any atom is -0.364 e. The Labute approximate surface area is 142 Å². The average molecular weight is 335 g/mol. The molecule has 0 atom stereocenters. The first-order valence-corrected chi connectivity index (χ1v) is 8.24. The van der Waals surface area contributed by atoms with Gasteiger partial charge in [-0.1, -0.05) is 41.6 Å². The zero-order chi connectivity index (χ0) is 16.2. The molecule has 1 N–H and O–H groups in total. The monoisotopic (exact) mass is 335 g/mol. The van der Waals surface area contributed by atoms with Crippen LogP contribution < -0.4 is 5.32 Å². The second-order valence-electron chi connectivity index (χ2n) is 5.01. The Hall–Kier alpha value is -3.06. The van der Waals surface area contributed by atoms with Crippen molar-refractivity contribution >= 4 is 17.2 Å². The maximum atomic E-state index is 5.40. The fourth-order valence-corrected chi connectivity index (χ4v) is 2.89. The summed E-state index contributed by atoms with van der Waals surface area (Å²) in [6.45, 7) is 0.682. The zero-order valence-electron chi connectivity index (χ0n) is 12.6. The van der Waals surface area contributed by atoms with Crippen molar-refractivity contribution in [1.82, 2.24) is 20.1 Å². The molecular weight excluding hydrogens is 322 g/mol. The minimum atomic E-state index is 0.392. The fourth-order valence-electron chi connectivity index (χ4n) is 2.25. The van der Waals surface area contributed by atoms with Crippen molar-refractivity contribution in [3.8, 4) is 22.8 Å². The molecule has 0 unspecified atom stereocenters. The van der Waals surface area contributed by atoms with E-state index in [4.69, 9.17) is 4.52 Å². The summed E-state index contributed by atoms with van der Waals surface area (Å²) in [5.41, 5.74) is 1.58. The summed E-state index contributed by atoms with van der Waals surface area (Å²) in [6.07, 6.45) is 3.17. The highest BCUT2D eigenvalue weighted by Crippen LogP contribution is 2.26. The Morgan fingerprint density at radius 2 is 2.00 bits per heavy atom. The van der Waals surface area contributed by atoms with Gasteiger partial charge in [0.15, 0.2) is 0 Å². The van der Waals surface area contributed by atoms with Crippen molar-refractivity contribution in [3.63, 3.8) is 0 Å². The minimum absolute atomic E-state index is 0.392. The number of thiophene rings is 1. The maximum absolute atomic E-state index is 5.40. The van der Waals surface area contributed by atoms with Gasteiger partial charge in [-0.15, -0.1) is 11.3 Å². The second-order valence-corrected chi connectivity index (χ2v) is 6.04. The van der Waals surface area contributed by atoms with Crippen molar-refractivity contribution < 1.29 is 4.52 Å². The van der Waals surface area contributed by atoms with Crippen molar-refractivity contribution in [2.45, 2.75) is 6.54 Å². The van der Waals surface area contributed by atoms with Gasteiger partial charge in [0.25, 0.3) is 5.89 Å². The van der Waals surface area contributed by atoms with Crippen LogP contribution in [-0.2, 0) is 6.54 Å². The zero-order valence-corrected chi connectivity index (χ0v) is 13.4. The van der Waals surface area contributed by atoms with Gasteiger partial charge >= 0.3 is 0 Å². The Kier molecular flexibility index (Phi) is 3.99. The molecule has 0 radical (unpaired) electrons. The van der Waals surface area contributed by atoms with Crippen LogP contribution in [0.2, 0.25) is 0 Å². The van der Waals surface area contributed by atoms with Gasteiger partial charge in [-0.25, -0.2) is 9.97 Å². The molecule has 4 rings (SSSR count). The number of anilines is 1. The topological polar surface area (TPSA) is 76.7 Å². The van der Waals surface area contributed by atoms with Gasteiger partial charge in [0.2, 0.25) is 5.82 Å². The third kappa shape index (κ3) is 3.02. The summed E-state index contributed by atoms with van der Waals surface area (Å²) in [5, 5.41) is 9.38. The van der Waals surface area contributed by atoms with E-state index in [1.54, 1.807) is 17.5 Å². The first-order chi connectivity index (χ1) is 11.9. The van der Waals surface area contributed by atoms with Gasteiger partial charge in [-0.3, -0.25) is 0 Å². The summed E-state index contributed by atoms with van der Waals surface area (Å²) >= 11 is 1.69. The van der Waals surface area contributed by atoms with Gasteiger partial charge in [-0.2, -0.15) is 4.98 Å². The van der Waals surface area contributed by atoms with Gasteiger partial charge in [0.05, 0.1) is 6.54 Å². The lowest BCUT2D eigenvalue weighted by Gasteiger charge is -2.06. The smallest absolute Gasteiger partial charge is 0.263 e. The SMILES string of the molecule is c1ccc(-c2noc(-c3cncnc3NCc3cccs3)n2)cc1. The number of hydrogen-bond acceptors (Lipinski definition) is 7. The summed E-state index contributed by atoms with van der Waals surface area (Å²) in [7, 11) is 0. The molecule has 3 heterocycles. The van der Waals surface area contributed by atoms with Crippen LogP contribution in [0.5, 0.6) is 0 Å². The van der Waals surface area contributed by atoms with E-state index in [0.717, 1.165) is 5.56 Å². The molecule has 4 aromatic rings. The number of aromatic nitrogens is 4. The van der Waals surface area contributed by atoms with Crippen LogP contribution in [0.25, 0.3) is 22.8 Å². The molecule has 7 heteroatoms. The van der Waals surface area contributed by atoms with Gasteiger partial charge in [-0.05, 0) is 11.4 Å². The number of rotatable bonds is 5. The van der Waals surface area contributed by atoms with Gasteiger partial charge in [0, 0.05) is 16.6 Å². The summed E-state index contributed by atoms with van der Waals surface area (Å²) in [4.78, 5) is 14.0. The van der Waals surface area contributed by atoms with Crippen molar-refractivity contribution in [2.75, 3.05) is 5.32 Å². The molecule has 0 saturated heterocycles. The van der Waals surface area contributed by atoms with Crippen LogP contribution in [0.15, 0.2) is 64.9 Å². The Morgan fingerprint density at radius 3 is 2.83 bits per heavy atom. The molecule has 0 aliphatic heterocycles. The Balaban J connectivity index is 1.61. The van der Waals surface area contributed by atoms with Crippen LogP contribution in [0.3, 0.4) is 0 Å². The normalized spacial score (nSPS) is 10.7. The van der Waals surface area contributed by atoms with Crippen LogP contribution in [0.1, 0.15) is 4.88 Å². The molecule has 0 bridgehead atoms. The Morgan fingerprint density at radius 1 is 1.08 bits per heavy atom. The Bertz CT molecular complexity index is 921. The molecule has 1 aromatic carbocycles. The van der Waals surface area contributed by atoms with E-state index in [1.165, 1.54) is 11.2 Å². The number of nitrogens with one attached hydrogen (secondary N) is 1. The highest BCUT2D eigenvalue weighted by Gasteiger charge is 2.15. The van der Waals surface area contributed by atoms with Gasteiger partial charge in [0.1, 0.15) is 17.7 Å². The van der Waals surface area contributed by atoms with Crippen molar-refractivity contribution in [2.24, 2.45) is 0 Å².